The Bertz CT molecular complexity index is 768. The smallest absolute Gasteiger partial charge is 0.308 e. The highest BCUT2D eigenvalue weighted by molar-refractivity contribution is 6.30. The molecule has 2 aromatic heterocycles. The Morgan fingerprint density at radius 1 is 1.15 bits per heavy atom. The van der Waals surface area contributed by atoms with Gasteiger partial charge in [-0.2, -0.15) is 0 Å². The number of nitrogens with zero attached hydrogens (tertiary/aromatic N) is 2. The fraction of sp³-hybridized carbons (Fsp3) is 0. The van der Waals surface area contributed by atoms with Gasteiger partial charge < -0.3 is 15.0 Å². The van der Waals surface area contributed by atoms with E-state index in [1.54, 1.807) is 42.7 Å². The van der Waals surface area contributed by atoms with Crippen molar-refractivity contribution in [2.24, 2.45) is 0 Å². The number of hydrogen-bond donors (Lipinski definition) is 2. The first-order valence-corrected chi connectivity index (χ1v) is 6.35. The van der Waals surface area contributed by atoms with Gasteiger partial charge in [0.15, 0.2) is 0 Å². The van der Waals surface area contributed by atoms with Gasteiger partial charge in [0.25, 0.3) is 0 Å². The Morgan fingerprint density at radius 2 is 2.00 bits per heavy atom. The van der Waals surface area contributed by atoms with Gasteiger partial charge in [-0.15, -0.1) is 0 Å². The molecule has 0 aliphatic carbocycles. The van der Waals surface area contributed by atoms with Crippen molar-refractivity contribution in [1.82, 2.24) is 9.38 Å². The summed E-state index contributed by atoms with van der Waals surface area (Å²) in [5.74, 6) is 0. The van der Waals surface area contributed by atoms with E-state index in [9.17, 15) is 4.79 Å². The summed E-state index contributed by atoms with van der Waals surface area (Å²) in [4.78, 5) is 16.0. The fourth-order valence-electron chi connectivity index (χ4n) is 1.85. The first-order valence-electron chi connectivity index (χ1n) is 5.97. The van der Waals surface area contributed by atoms with Crippen LogP contribution in [-0.2, 0) is 0 Å². The maximum absolute atomic E-state index is 11.9. The van der Waals surface area contributed by atoms with Crippen molar-refractivity contribution in [3.05, 3.63) is 60.0 Å². The summed E-state index contributed by atoms with van der Waals surface area (Å²) in [6.07, 6.45) is 5.31. The molecule has 0 unspecified atom stereocenters. The Morgan fingerprint density at radius 3 is 2.85 bits per heavy atom. The van der Waals surface area contributed by atoms with Crippen LogP contribution >= 0.6 is 11.6 Å². The molecule has 0 saturated carbocycles. The Labute approximate surface area is 120 Å². The lowest BCUT2D eigenvalue weighted by atomic mass is 10.3. The lowest BCUT2D eigenvalue weighted by molar-refractivity contribution is 0.262. The maximum Gasteiger partial charge on any atom is 0.323 e. The number of urea groups is 1. The lowest BCUT2D eigenvalue weighted by Gasteiger charge is -2.08. The summed E-state index contributed by atoms with van der Waals surface area (Å²) in [7, 11) is 0. The summed E-state index contributed by atoms with van der Waals surface area (Å²) >= 11 is 5.86. The number of carbonyl (C=O) groups excluding carboxylic acids is 1. The van der Waals surface area contributed by atoms with Crippen LogP contribution in [0.25, 0.3) is 5.65 Å². The first-order chi connectivity index (χ1) is 9.70. The molecule has 0 fully saturated rings. The number of fused-ring (bicyclic) bond motifs is 1. The lowest BCUT2D eigenvalue weighted by Crippen LogP contribution is -2.19. The number of pyridine rings is 1. The van der Waals surface area contributed by atoms with Gasteiger partial charge in [0.05, 0.1) is 5.69 Å². The van der Waals surface area contributed by atoms with Gasteiger partial charge in [-0.25, -0.2) is 9.78 Å². The van der Waals surface area contributed by atoms with Crippen LogP contribution < -0.4 is 10.6 Å². The van der Waals surface area contributed by atoms with Gasteiger partial charge in [-0.3, -0.25) is 0 Å². The molecule has 0 aliphatic rings. The number of carbonyl (C=O) groups is 1. The SMILES string of the molecule is O=C(Nc1cccc(Cl)c1)Nc1ccc2nccn2c1. The van der Waals surface area contributed by atoms with Gasteiger partial charge in [0, 0.05) is 29.3 Å². The molecule has 0 bridgehead atoms. The van der Waals surface area contributed by atoms with Crippen LogP contribution in [-0.4, -0.2) is 15.4 Å². The van der Waals surface area contributed by atoms with E-state index in [1.807, 2.05) is 16.7 Å². The summed E-state index contributed by atoms with van der Waals surface area (Å²) in [5, 5.41) is 6.04. The predicted octanol–water partition coefficient (Wildman–Crippen LogP) is 3.63. The quantitative estimate of drug-likeness (QED) is 0.756. The molecule has 1 aromatic carbocycles. The molecule has 6 heteroatoms. The van der Waals surface area contributed by atoms with E-state index in [-0.39, 0.29) is 6.03 Å². The summed E-state index contributed by atoms with van der Waals surface area (Å²) in [6, 6.07) is 10.3. The van der Waals surface area contributed by atoms with Crippen molar-refractivity contribution in [3.63, 3.8) is 0 Å². The van der Waals surface area contributed by atoms with E-state index < -0.39 is 0 Å². The third kappa shape index (κ3) is 2.73. The van der Waals surface area contributed by atoms with Crippen molar-refractivity contribution in [3.8, 4) is 0 Å². The molecule has 0 spiro atoms. The Hall–Kier alpha value is -2.53. The molecule has 2 amide bonds. The average Bonchev–Trinajstić information content (AvgIpc) is 2.86. The van der Waals surface area contributed by atoms with Crippen LogP contribution in [0.15, 0.2) is 55.0 Å². The van der Waals surface area contributed by atoms with E-state index in [1.165, 1.54) is 0 Å². The van der Waals surface area contributed by atoms with Crippen LogP contribution in [0.1, 0.15) is 0 Å². The Balaban J connectivity index is 1.72. The van der Waals surface area contributed by atoms with E-state index in [0.717, 1.165) is 5.65 Å². The number of amides is 2. The number of hydrogen-bond acceptors (Lipinski definition) is 2. The highest BCUT2D eigenvalue weighted by atomic mass is 35.5. The molecule has 3 rings (SSSR count). The van der Waals surface area contributed by atoms with Crippen LogP contribution in [0, 0.1) is 0 Å². The van der Waals surface area contributed by atoms with Gasteiger partial charge >= 0.3 is 6.03 Å². The molecular formula is C14H11ClN4O. The van der Waals surface area contributed by atoms with E-state index in [0.29, 0.717) is 16.4 Å². The van der Waals surface area contributed by atoms with E-state index in [2.05, 4.69) is 15.6 Å². The average molecular weight is 287 g/mol. The molecule has 0 aliphatic heterocycles. The zero-order chi connectivity index (χ0) is 13.9. The second kappa shape index (κ2) is 5.22. The van der Waals surface area contributed by atoms with Crippen molar-refractivity contribution < 1.29 is 4.79 Å². The number of rotatable bonds is 2. The topological polar surface area (TPSA) is 58.4 Å². The fourth-order valence-corrected chi connectivity index (χ4v) is 2.04. The van der Waals surface area contributed by atoms with E-state index in [4.69, 9.17) is 11.6 Å². The highest BCUT2D eigenvalue weighted by Crippen LogP contribution is 2.15. The number of anilines is 2. The third-order valence-electron chi connectivity index (χ3n) is 2.73. The standard InChI is InChI=1S/C14H11ClN4O/c15-10-2-1-3-11(8-10)17-14(20)18-12-4-5-13-16-6-7-19(13)9-12/h1-9H,(H2,17,18,20). The number of nitrogens with one attached hydrogen (secondary N) is 2. The summed E-state index contributed by atoms with van der Waals surface area (Å²) in [5.41, 5.74) is 2.14. The van der Waals surface area contributed by atoms with Crippen molar-refractivity contribution >= 4 is 34.7 Å². The van der Waals surface area contributed by atoms with Crippen LogP contribution in [0.2, 0.25) is 5.02 Å². The molecule has 2 heterocycles. The van der Waals surface area contributed by atoms with Crippen molar-refractivity contribution in [1.29, 1.82) is 0 Å². The van der Waals surface area contributed by atoms with Crippen LogP contribution in [0.4, 0.5) is 16.2 Å². The number of halogens is 1. The number of benzene rings is 1. The van der Waals surface area contributed by atoms with Crippen molar-refractivity contribution in [2.75, 3.05) is 10.6 Å². The third-order valence-corrected chi connectivity index (χ3v) is 2.96. The highest BCUT2D eigenvalue weighted by Gasteiger charge is 2.04. The molecule has 0 radical (unpaired) electrons. The van der Waals surface area contributed by atoms with Gasteiger partial charge in [0.1, 0.15) is 5.65 Å². The zero-order valence-corrected chi connectivity index (χ0v) is 11.1. The minimum atomic E-state index is -0.327. The largest absolute Gasteiger partial charge is 0.323 e. The first kappa shape index (κ1) is 12.5. The summed E-state index contributed by atoms with van der Waals surface area (Å²) < 4.78 is 1.83. The molecule has 20 heavy (non-hydrogen) atoms. The van der Waals surface area contributed by atoms with Gasteiger partial charge in [-0.1, -0.05) is 17.7 Å². The maximum atomic E-state index is 11.9. The molecule has 0 atom stereocenters. The van der Waals surface area contributed by atoms with Crippen LogP contribution in [0.3, 0.4) is 0 Å². The molecule has 5 nitrogen and oxygen atoms in total. The zero-order valence-electron chi connectivity index (χ0n) is 10.4. The second-order valence-corrected chi connectivity index (χ2v) is 4.64. The number of aromatic nitrogens is 2. The van der Waals surface area contributed by atoms with Gasteiger partial charge in [0.2, 0.25) is 0 Å². The molecule has 2 N–H and O–H groups in total. The molecule has 3 aromatic rings. The molecule has 100 valence electrons. The molecular weight excluding hydrogens is 276 g/mol. The second-order valence-electron chi connectivity index (χ2n) is 4.20. The number of imidazole rings is 1. The normalized spacial score (nSPS) is 10.4. The minimum absolute atomic E-state index is 0.327. The van der Waals surface area contributed by atoms with Gasteiger partial charge in [-0.05, 0) is 30.3 Å². The Kier molecular flexibility index (Phi) is 3.26. The van der Waals surface area contributed by atoms with Crippen molar-refractivity contribution in [2.45, 2.75) is 0 Å². The van der Waals surface area contributed by atoms with Crippen LogP contribution in [0.5, 0.6) is 0 Å². The molecule has 0 saturated heterocycles. The minimum Gasteiger partial charge on any atom is -0.308 e. The summed E-state index contributed by atoms with van der Waals surface area (Å²) in [6.45, 7) is 0. The van der Waals surface area contributed by atoms with E-state index >= 15 is 0 Å². The predicted molar refractivity (Wildman–Crippen MR) is 79.3 cm³/mol. The monoisotopic (exact) mass is 286 g/mol.